The first-order valence-electron chi connectivity index (χ1n) is 10.5. The molecule has 0 fully saturated rings. The molecule has 0 bridgehead atoms. The van der Waals surface area contributed by atoms with Crippen molar-refractivity contribution in [2.75, 3.05) is 19.0 Å². The zero-order chi connectivity index (χ0) is 24.9. The monoisotopic (exact) mass is 468 g/mol. The molecule has 2 aliphatic rings. The fourth-order valence-corrected chi connectivity index (χ4v) is 4.14. The lowest BCUT2D eigenvalue weighted by molar-refractivity contribution is -0.119. The van der Waals surface area contributed by atoms with E-state index >= 15 is 0 Å². The molecule has 0 unspecified atom stereocenters. The van der Waals surface area contributed by atoms with Crippen LogP contribution in [0.15, 0.2) is 60.7 Å². The van der Waals surface area contributed by atoms with Gasteiger partial charge in [-0.05, 0) is 24.3 Å². The first kappa shape index (κ1) is 21.9. The van der Waals surface area contributed by atoms with Crippen LogP contribution in [0.4, 0.5) is 5.69 Å². The Hall–Kier alpha value is -4.92. The van der Waals surface area contributed by atoms with Crippen LogP contribution < -0.4 is 5.32 Å². The lowest BCUT2D eigenvalue weighted by Gasteiger charge is -2.20. The number of benzene rings is 3. The molecule has 0 radical (unpaired) electrons. The standard InChI is InChI=1S/C26H16N2O7/c1-28-24(32)16-10-9-13(11-18(16)25(28)33)26(34)35-12-20(29)27-19-8-4-7-17-21(19)23(31)15-6-3-2-5-14(15)22(17)30/h2-11H,12H2,1H3,(H,27,29). The quantitative estimate of drug-likeness (QED) is 0.360. The molecule has 0 atom stereocenters. The summed E-state index contributed by atoms with van der Waals surface area (Å²) in [6.45, 7) is -0.676. The van der Waals surface area contributed by atoms with Crippen molar-refractivity contribution in [3.05, 3.63) is 99.6 Å². The minimum absolute atomic E-state index is 0.00229. The molecule has 3 aromatic rings. The summed E-state index contributed by atoms with van der Waals surface area (Å²) in [6, 6.07) is 14.9. The van der Waals surface area contributed by atoms with Gasteiger partial charge in [0.25, 0.3) is 17.7 Å². The van der Waals surface area contributed by atoms with Gasteiger partial charge in [-0.15, -0.1) is 0 Å². The van der Waals surface area contributed by atoms with Gasteiger partial charge in [0, 0.05) is 23.7 Å². The summed E-state index contributed by atoms with van der Waals surface area (Å²) in [5.41, 5.74) is 1.17. The van der Waals surface area contributed by atoms with Gasteiger partial charge in [-0.3, -0.25) is 28.9 Å². The molecule has 172 valence electrons. The van der Waals surface area contributed by atoms with E-state index in [2.05, 4.69) is 5.32 Å². The van der Waals surface area contributed by atoms with Gasteiger partial charge in [0.1, 0.15) is 0 Å². The van der Waals surface area contributed by atoms with Crippen LogP contribution in [0.5, 0.6) is 0 Å². The second-order valence-corrected chi connectivity index (χ2v) is 7.99. The van der Waals surface area contributed by atoms with Gasteiger partial charge < -0.3 is 10.1 Å². The highest BCUT2D eigenvalue weighted by Gasteiger charge is 2.34. The van der Waals surface area contributed by atoms with Crippen LogP contribution in [0.25, 0.3) is 0 Å². The summed E-state index contributed by atoms with van der Waals surface area (Å²) in [6.07, 6.45) is 0. The maximum absolute atomic E-state index is 13.0. The average Bonchev–Trinajstić information content (AvgIpc) is 3.09. The zero-order valence-electron chi connectivity index (χ0n) is 18.3. The maximum Gasteiger partial charge on any atom is 0.338 e. The summed E-state index contributed by atoms with van der Waals surface area (Å²) >= 11 is 0. The Bertz CT molecular complexity index is 1510. The zero-order valence-corrected chi connectivity index (χ0v) is 18.3. The van der Waals surface area contributed by atoms with Crippen molar-refractivity contribution in [2.45, 2.75) is 0 Å². The van der Waals surface area contributed by atoms with Crippen molar-refractivity contribution >= 4 is 40.9 Å². The summed E-state index contributed by atoms with van der Waals surface area (Å²) in [5.74, 6) is -3.32. The molecule has 1 N–H and O–H groups in total. The Labute approximate surface area is 198 Å². The highest BCUT2D eigenvalue weighted by atomic mass is 16.5. The number of carbonyl (C=O) groups is 6. The molecular formula is C26H16N2O7. The second-order valence-electron chi connectivity index (χ2n) is 7.99. The van der Waals surface area contributed by atoms with Crippen molar-refractivity contribution in [3.63, 3.8) is 0 Å². The molecule has 0 spiro atoms. The van der Waals surface area contributed by atoms with E-state index in [1.165, 1.54) is 37.4 Å². The molecule has 9 heteroatoms. The Balaban J connectivity index is 1.31. The minimum Gasteiger partial charge on any atom is -0.452 e. The normalized spacial score (nSPS) is 13.8. The number of fused-ring (bicyclic) bond motifs is 3. The van der Waals surface area contributed by atoms with Crippen LogP contribution in [-0.4, -0.2) is 53.8 Å². The average molecular weight is 468 g/mol. The Morgan fingerprint density at radius 1 is 0.771 bits per heavy atom. The molecule has 0 aromatic heterocycles. The van der Waals surface area contributed by atoms with E-state index in [-0.39, 0.29) is 44.9 Å². The number of ether oxygens (including phenoxy) is 1. The molecule has 0 saturated carbocycles. The second kappa shape index (κ2) is 8.14. The van der Waals surface area contributed by atoms with Crippen molar-refractivity contribution in [1.82, 2.24) is 4.90 Å². The summed E-state index contributed by atoms with van der Waals surface area (Å²) < 4.78 is 5.05. The third-order valence-corrected chi connectivity index (χ3v) is 5.89. The molecule has 9 nitrogen and oxygen atoms in total. The van der Waals surface area contributed by atoms with Crippen molar-refractivity contribution < 1.29 is 33.5 Å². The number of hydrogen-bond acceptors (Lipinski definition) is 7. The first-order valence-corrected chi connectivity index (χ1v) is 10.5. The molecule has 0 saturated heterocycles. The number of carbonyl (C=O) groups excluding carboxylic acids is 6. The van der Waals surface area contributed by atoms with Crippen LogP contribution in [-0.2, 0) is 9.53 Å². The first-order chi connectivity index (χ1) is 16.8. The number of amides is 3. The fraction of sp³-hybridized carbons (Fsp3) is 0.0769. The van der Waals surface area contributed by atoms with E-state index in [0.717, 1.165) is 4.90 Å². The van der Waals surface area contributed by atoms with Gasteiger partial charge in [-0.25, -0.2) is 4.79 Å². The van der Waals surface area contributed by atoms with Gasteiger partial charge in [0.2, 0.25) is 0 Å². The molecular weight excluding hydrogens is 452 g/mol. The number of esters is 1. The van der Waals surface area contributed by atoms with Gasteiger partial charge in [0.05, 0.1) is 27.9 Å². The minimum atomic E-state index is -0.868. The van der Waals surface area contributed by atoms with E-state index < -0.39 is 36.1 Å². The van der Waals surface area contributed by atoms with Gasteiger partial charge in [0.15, 0.2) is 18.2 Å². The lowest BCUT2D eigenvalue weighted by Crippen LogP contribution is -2.26. The van der Waals surface area contributed by atoms with Gasteiger partial charge in [-0.1, -0.05) is 36.4 Å². The van der Waals surface area contributed by atoms with Crippen LogP contribution in [0.2, 0.25) is 0 Å². The number of ketones is 2. The maximum atomic E-state index is 13.0. The van der Waals surface area contributed by atoms with Crippen LogP contribution >= 0.6 is 0 Å². The SMILES string of the molecule is CN1C(=O)c2ccc(C(=O)OCC(=O)Nc3cccc4c3C(=O)c3ccccc3C4=O)cc2C1=O. The van der Waals surface area contributed by atoms with E-state index in [1.807, 2.05) is 0 Å². The lowest BCUT2D eigenvalue weighted by atomic mass is 9.83. The smallest absolute Gasteiger partial charge is 0.338 e. The predicted octanol–water partition coefficient (Wildman–Crippen LogP) is 2.48. The molecule has 1 aliphatic carbocycles. The third-order valence-electron chi connectivity index (χ3n) is 5.89. The number of imide groups is 1. The number of nitrogens with zero attached hydrogens (tertiary/aromatic N) is 1. The van der Waals surface area contributed by atoms with E-state index in [1.54, 1.807) is 30.3 Å². The molecule has 1 aliphatic heterocycles. The summed E-state index contributed by atoms with van der Waals surface area (Å²) in [7, 11) is 1.34. The van der Waals surface area contributed by atoms with Crippen molar-refractivity contribution in [1.29, 1.82) is 0 Å². The van der Waals surface area contributed by atoms with E-state index in [0.29, 0.717) is 5.56 Å². The van der Waals surface area contributed by atoms with Crippen molar-refractivity contribution in [2.24, 2.45) is 0 Å². The van der Waals surface area contributed by atoms with Crippen LogP contribution in [0.3, 0.4) is 0 Å². The molecule has 3 aromatic carbocycles. The largest absolute Gasteiger partial charge is 0.452 e. The Morgan fingerprint density at radius 3 is 2.17 bits per heavy atom. The highest BCUT2D eigenvalue weighted by Crippen LogP contribution is 2.32. The molecule has 3 amide bonds. The molecule has 5 rings (SSSR count). The summed E-state index contributed by atoms with van der Waals surface area (Å²) in [5, 5.41) is 2.52. The van der Waals surface area contributed by atoms with Crippen LogP contribution in [0, 0.1) is 0 Å². The van der Waals surface area contributed by atoms with Gasteiger partial charge >= 0.3 is 5.97 Å². The Kier molecular flexibility index (Phi) is 5.09. The molecule has 1 heterocycles. The highest BCUT2D eigenvalue weighted by molar-refractivity contribution is 6.30. The number of hydrogen-bond donors (Lipinski definition) is 1. The van der Waals surface area contributed by atoms with E-state index in [9.17, 15) is 28.8 Å². The summed E-state index contributed by atoms with van der Waals surface area (Å²) in [4.78, 5) is 75.8. The van der Waals surface area contributed by atoms with Crippen molar-refractivity contribution in [3.8, 4) is 0 Å². The predicted molar refractivity (Wildman–Crippen MR) is 122 cm³/mol. The fourth-order valence-electron chi connectivity index (χ4n) is 4.14. The van der Waals surface area contributed by atoms with E-state index in [4.69, 9.17) is 4.74 Å². The number of nitrogens with one attached hydrogen (secondary N) is 1. The van der Waals surface area contributed by atoms with Gasteiger partial charge in [-0.2, -0.15) is 0 Å². The number of rotatable bonds is 4. The Morgan fingerprint density at radius 2 is 1.43 bits per heavy atom. The topological polar surface area (TPSA) is 127 Å². The third kappa shape index (κ3) is 3.50. The number of anilines is 1. The van der Waals surface area contributed by atoms with Crippen LogP contribution in [0.1, 0.15) is 62.9 Å². The molecule has 35 heavy (non-hydrogen) atoms.